The monoisotopic (exact) mass is 477 g/mol. The molecule has 1 heterocycles. The summed E-state index contributed by atoms with van der Waals surface area (Å²) >= 11 is 1.23. The van der Waals surface area contributed by atoms with Gasteiger partial charge in [0.1, 0.15) is 11.6 Å². The van der Waals surface area contributed by atoms with Crippen molar-refractivity contribution >= 4 is 28.6 Å². The van der Waals surface area contributed by atoms with Crippen molar-refractivity contribution in [1.29, 1.82) is 0 Å². The number of nitrogens with zero attached hydrogens (tertiary/aromatic N) is 2. The van der Waals surface area contributed by atoms with Gasteiger partial charge in [-0.1, -0.05) is 48.2 Å². The van der Waals surface area contributed by atoms with E-state index in [1.165, 1.54) is 23.9 Å². The van der Waals surface area contributed by atoms with E-state index in [0.29, 0.717) is 22.6 Å². The smallest absolute Gasteiger partial charge is 0.262 e. The van der Waals surface area contributed by atoms with Gasteiger partial charge < -0.3 is 10.1 Å². The van der Waals surface area contributed by atoms with Crippen LogP contribution >= 0.6 is 11.8 Å². The number of amides is 1. The van der Waals surface area contributed by atoms with Crippen molar-refractivity contribution in [2.75, 3.05) is 7.11 Å². The van der Waals surface area contributed by atoms with E-state index in [1.807, 2.05) is 36.4 Å². The largest absolute Gasteiger partial charge is 0.497 e. The van der Waals surface area contributed by atoms with Crippen molar-refractivity contribution in [1.82, 2.24) is 14.9 Å². The molecule has 0 spiro atoms. The molecule has 4 rings (SSSR count). The minimum atomic E-state index is -0.504. The maximum absolute atomic E-state index is 13.3. The average Bonchev–Trinajstić information content (AvgIpc) is 2.86. The molecule has 0 aliphatic carbocycles. The van der Waals surface area contributed by atoms with Gasteiger partial charge in [0.25, 0.3) is 5.56 Å². The second kappa shape index (κ2) is 10.5. The lowest BCUT2D eigenvalue weighted by Gasteiger charge is -2.17. The van der Waals surface area contributed by atoms with E-state index in [2.05, 4.69) is 5.32 Å². The normalized spacial score (nSPS) is 11.9. The number of carbonyl (C=O) groups excluding carboxylic acids is 1. The number of methoxy groups -OCH3 is 1. The minimum Gasteiger partial charge on any atom is -0.497 e. The lowest BCUT2D eigenvalue weighted by atomic mass is 10.2. The number of carbonyl (C=O) groups is 1. The predicted octanol–water partition coefficient (Wildman–Crippen LogP) is 4.39. The highest BCUT2D eigenvalue weighted by Crippen LogP contribution is 2.24. The van der Waals surface area contributed by atoms with Gasteiger partial charge in [-0.3, -0.25) is 14.2 Å². The molecule has 0 aliphatic heterocycles. The van der Waals surface area contributed by atoms with Crippen LogP contribution in [0.4, 0.5) is 4.39 Å². The van der Waals surface area contributed by atoms with Gasteiger partial charge in [0, 0.05) is 6.54 Å². The molecule has 1 aromatic heterocycles. The SMILES string of the molecule is COc1ccc(Cn2c(SC(C)C(=O)NCc3ccc(F)cc3)nc3ccccc3c2=O)cc1. The minimum absolute atomic E-state index is 0.164. The second-order valence-corrected chi connectivity index (χ2v) is 9.06. The van der Waals surface area contributed by atoms with Crippen LogP contribution in [-0.4, -0.2) is 27.8 Å². The molecule has 6 nitrogen and oxygen atoms in total. The topological polar surface area (TPSA) is 73.2 Å². The zero-order valence-corrected chi connectivity index (χ0v) is 19.6. The van der Waals surface area contributed by atoms with Gasteiger partial charge in [0.2, 0.25) is 5.91 Å². The summed E-state index contributed by atoms with van der Waals surface area (Å²) in [6, 6.07) is 20.6. The molecule has 0 aliphatic rings. The number of ether oxygens (including phenoxy) is 1. The third-order valence-electron chi connectivity index (χ3n) is 5.36. The van der Waals surface area contributed by atoms with Crippen molar-refractivity contribution < 1.29 is 13.9 Å². The highest BCUT2D eigenvalue weighted by atomic mass is 32.2. The molecule has 174 valence electrons. The van der Waals surface area contributed by atoms with Crippen molar-refractivity contribution in [2.24, 2.45) is 0 Å². The van der Waals surface area contributed by atoms with E-state index in [0.717, 1.165) is 16.9 Å². The van der Waals surface area contributed by atoms with Gasteiger partial charge in [0.15, 0.2) is 5.16 Å². The summed E-state index contributed by atoms with van der Waals surface area (Å²) < 4.78 is 19.9. The molecule has 0 saturated carbocycles. The van der Waals surface area contributed by atoms with E-state index in [4.69, 9.17) is 9.72 Å². The number of fused-ring (bicyclic) bond motifs is 1. The highest BCUT2D eigenvalue weighted by Gasteiger charge is 2.19. The number of halogens is 1. The molecule has 1 unspecified atom stereocenters. The Balaban J connectivity index is 1.58. The van der Waals surface area contributed by atoms with E-state index in [1.54, 1.807) is 42.9 Å². The fraction of sp³-hybridized carbons (Fsp3) is 0.192. The van der Waals surface area contributed by atoms with Crippen molar-refractivity contribution in [3.05, 3.63) is 100 Å². The summed E-state index contributed by atoms with van der Waals surface area (Å²) in [7, 11) is 1.60. The van der Waals surface area contributed by atoms with Crippen LogP contribution in [0, 0.1) is 5.82 Å². The van der Waals surface area contributed by atoms with Crippen molar-refractivity contribution in [3.63, 3.8) is 0 Å². The van der Waals surface area contributed by atoms with Crippen LogP contribution in [0.5, 0.6) is 5.75 Å². The van der Waals surface area contributed by atoms with E-state index in [9.17, 15) is 14.0 Å². The lowest BCUT2D eigenvalue weighted by Crippen LogP contribution is -2.31. The van der Waals surface area contributed by atoms with Crippen LogP contribution in [0.25, 0.3) is 10.9 Å². The standard InChI is InChI=1S/C26H24FN3O3S/c1-17(24(31)28-15-18-7-11-20(27)12-8-18)34-26-29-23-6-4-3-5-22(23)25(32)30(26)16-19-9-13-21(33-2)14-10-19/h3-14,17H,15-16H2,1-2H3,(H,28,31). The zero-order valence-electron chi connectivity index (χ0n) is 18.8. The lowest BCUT2D eigenvalue weighted by molar-refractivity contribution is -0.120. The first-order valence-electron chi connectivity index (χ1n) is 10.8. The summed E-state index contributed by atoms with van der Waals surface area (Å²) in [5.41, 5.74) is 2.13. The van der Waals surface area contributed by atoms with Gasteiger partial charge in [-0.15, -0.1) is 0 Å². The molecule has 1 N–H and O–H groups in total. The molecule has 1 atom stereocenters. The summed E-state index contributed by atoms with van der Waals surface area (Å²) in [5.74, 6) is 0.206. The molecule has 0 radical (unpaired) electrons. The van der Waals surface area contributed by atoms with Gasteiger partial charge >= 0.3 is 0 Å². The Morgan fingerprint density at radius 2 is 1.74 bits per heavy atom. The van der Waals surface area contributed by atoms with E-state index in [-0.39, 0.29) is 23.8 Å². The first-order valence-corrected chi connectivity index (χ1v) is 11.6. The average molecular weight is 478 g/mol. The molecule has 3 aromatic carbocycles. The van der Waals surface area contributed by atoms with E-state index < -0.39 is 5.25 Å². The maximum Gasteiger partial charge on any atom is 0.262 e. The number of thioether (sulfide) groups is 1. The number of rotatable bonds is 8. The Kier molecular flexibility index (Phi) is 7.27. The first-order chi connectivity index (χ1) is 16.4. The Morgan fingerprint density at radius 3 is 2.44 bits per heavy atom. The number of para-hydroxylation sites is 1. The Labute approximate surface area is 200 Å². The summed E-state index contributed by atoms with van der Waals surface area (Å²) in [6.45, 7) is 2.37. The third-order valence-corrected chi connectivity index (χ3v) is 6.45. The molecule has 0 saturated heterocycles. The third kappa shape index (κ3) is 5.46. The predicted molar refractivity (Wildman–Crippen MR) is 132 cm³/mol. The quantitative estimate of drug-likeness (QED) is 0.301. The van der Waals surface area contributed by atoms with Gasteiger partial charge in [-0.05, 0) is 54.4 Å². The van der Waals surface area contributed by atoms with Gasteiger partial charge in [0.05, 0.1) is 29.8 Å². The number of nitrogens with one attached hydrogen (secondary N) is 1. The Hall–Kier alpha value is -3.65. The Bertz CT molecular complexity index is 1350. The fourth-order valence-electron chi connectivity index (χ4n) is 3.44. The fourth-order valence-corrected chi connectivity index (χ4v) is 4.37. The van der Waals surface area contributed by atoms with Gasteiger partial charge in [-0.25, -0.2) is 9.37 Å². The van der Waals surface area contributed by atoms with Crippen LogP contribution in [0.15, 0.2) is 82.7 Å². The molecule has 4 aromatic rings. The zero-order chi connectivity index (χ0) is 24.1. The van der Waals surface area contributed by atoms with E-state index >= 15 is 0 Å². The first kappa shape index (κ1) is 23.5. The summed E-state index contributed by atoms with van der Waals surface area (Å²) in [4.78, 5) is 30.8. The number of benzene rings is 3. The molecule has 8 heteroatoms. The molecular weight excluding hydrogens is 453 g/mol. The van der Waals surface area contributed by atoms with Crippen LogP contribution in [0.3, 0.4) is 0 Å². The van der Waals surface area contributed by atoms with Gasteiger partial charge in [-0.2, -0.15) is 0 Å². The summed E-state index contributed by atoms with van der Waals surface area (Å²) in [5, 5.41) is 3.34. The van der Waals surface area contributed by atoms with Crippen LogP contribution in [0.2, 0.25) is 0 Å². The molecule has 1 amide bonds. The molecule has 0 fully saturated rings. The van der Waals surface area contributed by atoms with Crippen molar-refractivity contribution in [2.45, 2.75) is 30.4 Å². The number of hydrogen-bond donors (Lipinski definition) is 1. The maximum atomic E-state index is 13.3. The molecular formula is C26H24FN3O3S. The molecule has 0 bridgehead atoms. The molecule has 34 heavy (non-hydrogen) atoms. The van der Waals surface area contributed by atoms with Crippen molar-refractivity contribution in [3.8, 4) is 5.75 Å². The van der Waals surface area contributed by atoms with Crippen LogP contribution in [0.1, 0.15) is 18.1 Å². The van der Waals surface area contributed by atoms with Crippen LogP contribution in [-0.2, 0) is 17.9 Å². The Morgan fingerprint density at radius 1 is 1.06 bits per heavy atom. The highest BCUT2D eigenvalue weighted by molar-refractivity contribution is 8.00. The summed E-state index contributed by atoms with van der Waals surface area (Å²) in [6.07, 6.45) is 0. The number of aromatic nitrogens is 2. The number of hydrogen-bond acceptors (Lipinski definition) is 5. The second-order valence-electron chi connectivity index (χ2n) is 7.76. The van der Waals surface area contributed by atoms with Crippen LogP contribution < -0.4 is 15.6 Å².